The van der Waals surface area contributed by atoms with Crippen LogP contribution in [0.1, 0.15) is 105 Å². The summed E-state index contributed by atoms with van der Waals surface area (Å²) in [5.41, 5.74) is 0.778. The molecule has 2 nitrogen and oxygen atoms in total. The fourth-order valence-electron chi connectivity index (χ4n) is 2.83. The molecular weight excluding hydrogens is 296 g/mol. The first-order valence-corrected chi connectivity index (χ1v) is 10.3. The van der Waals surface area contributed by atoms with Gasteiger partial charge in [-0.2, -0.15) is 0 Å². The molecule has 0 aromatic rings. The second-order valence-corrected chi connectivity index (χ2v) is 7.64. The number of carbonyl (C=O) groups excluding carboxylic acids is 1. The zero-order chi connectivity index (χ0) is 18.2. The Balaban J connectivity index is 3.77. The lowest BCUT2D eigenvalue weighted by Crippen LogP contribution is -2.14. The summed E-state index contributed by atoms with van der Waals surface area (Å²) in [7, 11) is 0. The number of hydrogen-bond acceptors (Lipinski definition) is 2. The van der Waals surface area contributed by atoms with Crippen LogP contribution < -0.4 is 0 Å². The van der Waals surface area contributed by atoms with E-state index in [0.29, 0.717) is 12.5 Å². The molecule has 0 aliphatic heterocycles. The molecule has 0 spiro atoms. The molecule has 0 amide bonds. The van der Waals surface area contributed by atoms with Crippen LogP contribution in [-0.4, -0.2) is 12.6 Å². The Morgan fingerprint density at radius 2 is 1.62 bits per heavy atom. The van der Waals surface area contributed by atoms with Crippen LogP contribution in [0.2, 0.25) is 0 Å². The Labute approximate surface area is 151 Å². The lowest BCUT2D eigenvalue weighted by atomic mass is 10.0. The molecule has 24 heavy (non-hydrogen) atoms. The van der Waals surface area contributed by atoms with Gasteiger partial charge in [0.1, 0.15) is 0 Å². The van der Waals surface area contributed by atoms with Crippen LogP contribution in [0.4, 0.5) is 0 Å². The molecule has 1 atom stereocenters. The largest absolute Gasteiger partial charge is 0.462 e. The van der Waals surface area contributed by atoms with Gasteiger partial charge in [-0.1, -0.05) is 85.1 Å². The Morgan fingerprint density at radius 1 is 0.958 bits per heavy atom. The Morgan fingerprint density at radius 3 is 2.25 bits per heavy atom. The fraction of sp³-hybridized carbons (Fsp3) is 0.864. The SMILES string of the molecule is CCCCC(CC)COC(=O)C(C)=CCCCCCCCC(C)C. The van der Waals surface area contributed by atoms with Crippen LogP contribution in [0.3, 0.4) is 0 Å². The number of hydrogen-bond donors (Lipinski definition) is 0. The van der Waals surface area contributed by atoms with Gasteiger partial charge in [0.2, 0.25) is 0 Å². The van der Waals surface area contributed by atoms with Crippen LogP contribution in [0.5, 0.6) is 0 Å². The summed E-state index contributed by atoms with van der Waals surface area (Å²) >= 11 is 0. The van der Waals surface area contributed by atoms with Gasteiger partial charge in [-0.05, 0) is 38.0 Å². The molecule has 0 radical (unpaired) electrons. The van der Waals surface area contributed by atoms with Crippen molar-refractivity contribution in [3.8, 4) is 0 Å². The molecular formula is C22H42O2. The number of esters is 1. The first-order valence-electron chi connectivity index (χ1n) is 10.3. The van der Waals surface area contributed by atoms with Crippen molar-refractivity contribution in [2.75, 3.05) is 6.61 Å². The molecule has 142 valence electrons. The van der Waals surface area contributed by atoms with E-state index in [1.54, 1.807) is 0 Å². The van der Waals surface area contributed by atoms with Crippen LogP contribution >= 0.6 is 0 Å². The molecule has 0 bridgehead atoms. The maximum atomic E-state index is 12.0. The van der Waals surface area contributed by atoms with Crippen molar-refractivity contribution in [2.24, 2.45) is 11.8 Å². The smallest absolute Gasteiger partial charge is 0.333 e. The number of unbranched alkanes of at least 4 members (excludes halogenated alkanes) is 6. The normalized spacial score (nSPS) is 13.3. The monoisotopic (exact) mass is 338 g/mol. The van der Waals surface area contributed by atoms with Gasteiger partial charge in [0.15, 0.2) is 0 Å². The molecule has 2 heteroatoms. The number of ether oxygens (including phenoxy) is 1. The highest BCUT2D eigenvalue weighted by Gasteiger charge is 2.11. The van der Waals surface area contributed by atoms with E-state index < -0.39 is 0 Å². The second-order valence-electron chi connectivity index (χ2n) is 7.64. The molecule has 0 heterocycles. The van der Waals surface area contributed by atoms with E-state index in [4.69, 9.17) is 4.74 Å². The summed E-state index contributed by atoms with van der Waals surface area (Å²) in [6.45, 7) is 11.4. The minimum Gasteiger partial charge on any atom is -0.462 e. The van der Waals surface area contributed by atoms with Crippen molar-refractivity contribution in [1.82, 2.24) is 0 Å². The Bertz CT molecular complexity index is 331. The number of allylic oxidation sites excluding steroid dienone is 1. The van der Waals surface area contributed by atoms with Crippen LogP contribution in [0, 0.1) is 11.8 Å². The molecule has 0 aromatic heterocycles. The first-order chi connectivity index (χ1) is 11.5. The average molecular weight is 339 g/mol. The highest BCUT2D eigenvalue weighted by molar-refractivity contribution is 5.87. The zero-order valence-electron chi connectivity index (χ0n) is 17.0. The van der Waals surface area contributed by atoms with Gasteiger partial charge >= 0.3 is 5.97 Å². The van der Waals surface area contributed by atoms with Gasteiger partial charge in [0.25, 0.3) is 0 Å². The van der Waals surface area contributed by atoms with E-state index in [1.165, 1.54) is 57.8 Å². The second kappa shape index (κ2) is 15.7. The third kappa shape index (κ3) is 13.6. The minimum absolute atomic E-state index is 0.123. The third-order valence-corrected chi connectivity index (χ3v) is 4.75. The molecule has 0 fully saturated rings. The van der Waals surface area contributed by atoms with Gasteiger partial charge in [0.05, 0.1) is 6.61 Å². The third-order valence-electron chi connectivity index (χ3n) is 4.75. The molecule has 0 rings (SSSR count). The predicted octanol–water partition coefficient (Wildman–Crippen LogP) is 7.08. The maximum absolute atomic E-state index is 12.0. The van der Waals surface area contributed by atoms with E-state index in [9.17, 15) is 4.79 Å². The van der Waals surface area contributed by atoms with Gasteiger partial charge < -0.3 is 4.74 Å². The van der Waals surface area contributed by atoms with E-state index >= 15 is 0 Å². The van der Waals surface area contributed by atoms with Gasteiger partial charge in [-0.25, -0.2) is 4.79 Å². The van der Waals surface area contributed by atoms with Gasteiger partial charge in [0, 0.05) is 5.57 Å². The number of rotatable bonds is 15. The van der Waals surface area contributed by atoms with E-state index in [-0.39, 0.29) is 5.97 Å². The molecule has 0 aromatic carbocycles. The standard InChI is InChI=1S/C22H42O2/c1-6-8-17-21(7-2)18-24-22(23)20(5)16-14-12-10-9-11-13-15-19(3)4/h16,19,21H,6-15,17-18H2,1-5H3. The quantitative estimate of drug-likeness (QED) is 0.181. The number of carbonyl (C=O) groups is 1. The summed E-state index contributed by atoms with van der Waals surface area (Å²) in [4.78, 5) is 12.0. The van der Waals surface area contributed by atoms with Crippen LogP contribution in [0.25, 0.3) is 0 Å². The zero-order valence-corrected chi connectivity index (χ0v) is 17.0. The van der Waals surface area contributed by atoms with Crippen molar-refractivity contribution >= 4 is 5.97 Å². The van der Waals surface area contributed by atoms with Crippen molar-refractivity contribution in [3.05, 3.63) is 11.6 Å². The van der Waals surface area contributed by atoms with Crippen molar-refractivity contribution in [3.63, 3.8) is 0 Å². The van der Waals surface area contributed by atoms with Gasteiger partial charge in [-0.15, -0.1) is 0 Å². The summed E-state index contributed by atoms with van der Waals surface area (Å²) in [6.07, 6.45) is 15.6. The van der Waals surface area contributed by atoms with E-state index in [2.05, 4.69) is 33.8 Å². The summed E-state index contributed by atoms with van der Waals surface area (Å²) in [5, 5.41) is 0. The lowest BCUT2D eigenvalue weighted by molar-refractivity contribution is -0.140. The van der Waals surface area contributed by atoms with Crippen molar-refractivity contribution in [1.29, 1.82) is 0 Å². The summed E-state index contributed by atoms with van der Waals surface area (Å²) in [6, 6.07) is 0. The Hall–Kier alpha value is -0.790. The average Bonchev–Trinajstić information content (AvgIpc) is 2.56. The van der Waals surface area contributed by atoms with Crippen LogP contribution in [-0.2, 0) is 9.53 Å². The maximum Gasteiger partial charge on any atom is 0.333 e. The Kier molecular flexibility index (Phi) is 15.2. The molecule has 0 saturated carbocycles. The van der Waals surface area contributed by atoms with Crippen molar-refractivity contribution < 1.29 is 9.53 Å². The van der Waals surface area contributed by atoms with Gasteiger partial charge in [-0.3, -0.25) is 0 Å². The predicted molar refractivity (Wildman–Crippen MR) is 105 cm³/mol. The fourth-order valence-corrected chi connectivity index (χ4v) is 2.83. The van der Waals surface area contributed by atoms with Crippen LogP contribution in [0.15, 0.2) is 11.6 Å². The highest BCUT2D eigenvalue weighted by Crippen LogP contribution is 2.15. The topological polar surface area (TPSA) is 26.3 Å². The first kappa shape index (κ1) is 23.2. The lowest BCUT2D eigenvalue weighted by Gasteiger charge is -2.14. The molecule has 1 unspecified atom stereocenters. The van der Waals surface area contributed by atoms with E-state index in [0.717, 1.165) is 24.3 Å². The molecule has 0 aliphatic rings. The minimum atomic E-state index is -0.123. The molecule has 0 N–H and O–H groups in total. The van der Waals surface area contributed by atoms with Crippen molar-refractivity contribution in [2.45, 2.75) is 105 Å². The molecule has 0 aliphatic carbocycles. The molecule has 0 saturated heterocycles. The van der Waals surface area contributed by atoms with E-state index in [1.807, 2.05) is 6.92 Å². The summed E-state index contributed by atoms with van der Waals surface area (Å²) < 4.78 is 5.48. The summed E-state index contributed by atoms with van der Waals surface area (Å²) in [5.74, 6) is 1.23. The highest BCUT2D eigenvalue weighted by atomic mass is 16.5.